The zero-order valence-corrected chi connectivity index (χ0v) is 20.5. The number of carbonyl (C=O) groups is 1. The fourth-order valence-electron chi connectivity index (χ4n) is 3.61. The monoisotopic (exact) mass is 479 g/mol. The Morgan fingerprint density at radius 2 is 1.29 bits per heavy atom. The quantitative estimate of drug-likeness (QED) is 0.301. The fraction of sp³-hybridized carbons (Fsp3) is 0.321. The molecule has 1 amide bonds. The molecule has 3 aromatic rings. The SMILES string of the molecule is CCCCCCCS(=O)(=O)NC(=O)c1ccc(COCc2ccc(-c3ccccc3)cc2)cc1. The van der Waals surface area contributed by atoms with Gasteiger partial charge in [0.25, 0.3) is 5.91 Å². The Labute approximate surface area is 203 Å². The van der Waals surface area contributed by atoms with Crippen molar-refractivity contribution in [2.45, 2.75) is 52.2 Å². The predicted octanol–water partition coefficient (Wildman–Crippen LogP) is 6.10. The Morgan fingerprint density at radius 3 is 1.91 bits per heavy atom. The highest BCUT2D eigenvalue weighted by molar-refractivity contribution is 7.90. The van der Waals surface area contributed by atoms with Gasteiger partial charge >= 0.3 is 0 Å². The topological polar surface area (TPSA) is 72.5 Å². The van der Waals surface area contributed by atoms with E-state index in [4.69, 9.17) is 4.74 Å². The first-order valence-electron chi connectivity index (χ1n) is 11.8. The van der Waals surface area contributed by atoms with E-state index in [0.717, 1.165) is 42.4 Å². The van der Waals surface area contributed by atoms with Crippen molar-refractivity contribution in [1.82, 2.24) is 4.72 Å². The lowest BCUT2D eigenvalue weighted by atomic mass is 10.0. The first kappa shape index (κ1) is 25.7. The van der Waals surface area contributed by atoms with Crippen molar-refractivity contribution in [3.63, 3.8) is 0 Å². The molecule has 0 aliphatic carbocycles. The van der Waals surface area contributed by atoms with Crippen LogP contribution < -0.4 is 4.72 Å². The van der Waals surface area contributed by atoms with Crippen LogP contribution in [0, 0.1) is 0 Å². The molecule has 0 aliphatic heterocycles. The Hall–Kier alpha value is -2.96. The van der Waals surface area contributed by atoms with Crippen molar-refractivity contribution in [2.75, 3.05) is 5.75 Å². The molecule has 1 N–H and O–H groups in total. The summed E-state index contributed by atoms with van der Waals surface area (Å²) >= 11 is 0. The Kier molecular flexibility index (Phi) is 9.86. The number of carbonyl (C=O) groups excluding carboxylic acids is 1. The van der Waals surface area contributed by atoms with Crippen LogP contribution in [0.15, 0.2) is 78.9 Å². The van der Waals surface area contributed by atoms with E-state index in [2.05, 4.69) is 48.0 Å². The molecule has 0 saturated heterocycles. The molecule has 3 rings (SSSR count). The van der Waals surface area contributed by atoms with Gasteiger partial charge in [-0.05, 0) is 40.8 Å². The number of ether oxygens (including phenoxy) is 1. The maximum atomic E-state index is 12.3. The van der Waals surface area contributed by atoms with Crippen LogP contribution in [0.5, 0.6) is 0 Å². The molecular formula is C28H33NO4S. The van der Waals surface area contributed by atoms with E-state index >= 15 is 0 Å². The third-order valence-electron chi connectivity index (χ3n) is 5.58. The number of rotatable bonds is 13. The van der Waals surface area contributed by atoms with Gasteiger partial charge in [-0.3, -0.25) is 4.79 Å². The third kappa shape index (κ3) is 8.43. The first-order valence-corrected chi connectivity index (χ1v) is 13.5. The fourth-order valence-corrected chi connectivity index (χ4v) is 4.70. The summed E-state index contributed by atoms with van der Waals surface area (Å²) in [6.45, 7) is 2.99. The van der Waals surface area contributed by atoms with Gasteiger partial charge in [-0.15, -0.1) is 0 Å². The zero-order chi connectivity index (χ0) is 24.2. The molecule has 6 heteroatoms. The van der Waals surface area contributed by atoms with E-state index < -0.39 is 15.9 Å². The van der Waals surface area contributed by atoms with Gasteiger partial charge in [-0.1, -0.05) is 99.3 Å². The predicted molar refractivity (Wildman–Crippen MR) is 137 cm³/mol. The molecular weight excluding hydrogens is 446 g/mol. The molecule has 0 unspecified atom stereocenters. The van der Waals surface area contributed by atoms with Crippen molar-refractivity contribution >= 4 is 15.9 Å². The van der Waals surface area contributed by atoms with E-state index in [1.54, 1.807) is 24.3 Å². The number of unbranched alkanes of at least 4 members (excludes halogenated alkanes) is 4. The van der Waals surface area contributed by atoms with Gasteiger partial charge < -0.3 is 4.74 Å². The molecule has 0 saturated carbocycles. The van der Waals surface area contributed by atoms with Gasteiger partial charge in [0.05, 0.1) is 19.0 Å². The molecule has 0 spiro atoms. The number of nitrogens with one attached hydrogen (secondary N) is 1. The van der Waals surface area contributed by atoms with E-state index in [1.165, 1.54) is 5.56 Å². The van der Waals surface area contributed by atoms with Gasteiger partial charge in [-0.25, -0.2) is 13.1 Å². The highest BCUT2D eigenvalue weighted by Crippen LogP contribution is 2.19. The lowest BCUT2D eigenvalue weighted by Crippen LogP contribution is -2.32. The standard InChI is InChI=1S/C28H33NO4S/c1-2-3-4-5-9-20-34(31,32)29-28(30)27-18-14-24(15-19-27)22-33-21-23-12-16-26(17-13-23)25-10-7-6-8-11-25/h6-8,10-19H,2-5,9,20-22H2,1H3,(H,29,30). The average molecular weight is 480 g/mol. The third-order valence-corrected chi connectivity index (χ3v) is 6.90. The summed E-state index contributed by atoms with van der Waals surface area (Å²) in [5, 5.41) is 0. The summed E-state index contributed by atoms with van der Waals surface area (Å²) in [7, 11) is -3.62. The second kappa shape index (κ2) is 13.1. The van der Waals surface area contributed by atoms with Crippen LogP contribution in [0.4, 0.5) is 0 Å². The smallest absolute Gasteiger partial charge is 0.264 e. The molecule has 34 heavy (non-hydrogen) atoms. The summed E-state index contributed by atoms with van der Waals surface area (Å²) < 4.78 is 32.3. The summed E-state index contributed by atoms with van der Waals surface area (Å²) in [4.78, 5) is 12.3. The lowest BCUT2D eigenvalue weighted by Gasteiger charge is -2.09. The first-order chi connectivity index (χ1) is 16.5. The summed E-state index contributed by atoms with van der Waals surface area (Å²) in [5.41, 5.74) is 4.65. The molecule has 5 nitrogen and oxygen atoms in total. The molecule has 0 aliphatic rings. The normalized spacial score (nSPS) is 11.3. The van der Waals surface area contributed by atoms with Gasteiger partial charge in [0.1, 0.15) is 0 Å². The minimum Gasteiger partial charge on any atom is -0.372 e. The van der Waals surface area contributed by atoms with Crippen LogP contribution in [0.25, 0.3) is 11.1 Å². The number of amides is 1. The van der Waals surface area contributed by atoms with E-state index in [-0.39, 0.29) is 5.75 Å². The maximum Gasteiger partial charge on any atom is 0.264 e. The number of sulfonamides is 1. The molecule has 0 heterocycles. The maximum absolute atomic E-state index is 12.3. The largest absolute Gasteiger partial charge is 0.372 e. The molecule has 0 radical (unpaired) electrons. The van der Waals surface area contributed by atoms with E-state index in [9.17, 15) is 13.2 Å². The van der Waals surface area contributed by atoms with Crippen LogP contribution in [0.2, 0.25) is 0 Å². The van der Waals surface area contributed by atoms with Crippen molar-refractivity contribution in [2.24, 2.45) is 0 Å². The Morgan fingerprint density at radius 1 is 0.735 bits per heavy atom. The van der Waals surface area contributed by atoms with Crippen molar-refractivity contribution in [3.05, 3.63) is 95.6 Å². The summed E-state index contributed by atoms with van der Waals surface area (Å²) in [6, 6.07) is 25.3. The number of hydrogen-bond acceptors (Lipinski definition) is 4. The molecule has 180 valence electrons. The van der Waals surface area contributed by atoms with E-state index in [0.29, 0.717) is 25.2 Å². The van der Waals surface area contributed by atoms with Crippen LogP contribution in [0.1, 0.15) is 60.5 Å². The minimum atomic E-state index is -3.62. The van der Waals surface area contributed by atoms with Crippen molar-refractivity contribution in [1.29, 1.82) is 0 Å². The minimum absolute atomic E-state index is 0.0271. The molecule has 0 fully saturated rings. The van der Waals surface area contributed by atoms with Crippen molar-refractivity contribution < 1.29 is 17.9 Å². The molecule has 0 bridgehead atoms. The second-order valence-electron chi connectivity index (χ2n) is 8.42. The van der Waals surface area contributed by atoms with E-state index in [1.807, 2.05) is 18.2 Å². The summed E-state index contributed by atoms with van der Waals surface area (Å²) in [5.74, 6) is -0.625. The average Bonchev–Trinajstić information content (AvgIpc) is 2.85. The highest BCUT2D eigenvalue weighted by Gasteiger charge is 2.15. The molecule has 3 aromatic carbocycles. The van der Waals surface area contributed by atoms with Gasteiger partial charge in [-0.2, -0.15) is 0 Å². The molecule has 0 atom stereocenters. The lowest BCUT2D eigenvalue weighted by molar-refractivity contribution is 0.0980. The van der Waals surface area contributed by atoms with Gasteiger partial charge in [0.15, 0.2) is 0 Å². The molecule has 0 aromatic heterocycles. The Bertz CT molecular complexity index is 1130. The van der Waals surface area contributed by atoms with Gasteiger partial charge in [0, 0.05) is 5.56 Å². The summed E-state index contributed by atoms with van der Waals surface area (Å²) in [6.07, 6.45) is 4.64. The number of benzene rings is 3. The van der Waals surface area contributed by atoms with Crippen LogP contribution in [-0.4, -0.2) is 20.1 Å². The van der Waals surface area contributed by atoms with Crippen LogP contribution in [0.3, 0.4) is 0 Å². The van der Waals surface area contributed by atoms with Crippen LogP contribution >= 0.6 is 0 Å². The highest BCUT2D eigenvalue weighted by atomic mass is 32.2. The van der Waals surface area contributed by atoms with Gasteiger partial charge in [0.2, 0.25) is 10.0 Å². The zero-order valence-electron chi connectivity index (χ0n) is 19.7. The number of hydrogen-bond donors (Lipinski definition) is 1. The van der Waals surface area contributed by atoms with Crippen LogP contribution in [-0.2, 0) is 28.0 Å². The second-order valence-corrected chi connectivity index (χ2v) is 10.3. The Balaban J connectivity index is 1.43. The van der Waals surface area contributed by atoms with Crippen molar-refractivity contribution in [3.8, 4) is 11.1 Å².